The van der Waals surface area contributed by atoms with E-state index in [2.05, 4.69) is 15.4 Å². The number of fused-ring (bicyclic) bond motifs is 1. The number of nitrogens with one attached hydrogen (secondary N) is 1. The highest BCUT2D eigenvalue weighted by atomic mass is 35.5. The number of amides is 1. The first-order chi connectivity index (χ1) is 16.4. The summed E-state index contributed by atoms with van der Waals surface area (Å²) >= 11 is 6.01. The molecule has 0 saturated carbocycles. The van der Waals surface area contributed by atoms with Crippen LogP contribution < -0.4 is 10.9 Å². The maximum Gasteiger partial charge on any atom is 0.269 e. The second-order valence-electron chi connectivity index (χ2n) is 7.39. The summed E-state index contributed by atoms with van der Waals surface area (Å²) in [6, 6.07) is 13.1. The fourth-order valence-electron chi connectivity index (χ4n) is 3.33. The monoisotopic (exact) mass is 478 g/mol. The van der Waals surface area contributed by atoms with E-state index >= 15 is 0 Å². The van der Waals surface area contributed by atoms with E-state index in [9.17, 15) is 19.7 Å². The molecule has 2 aromatic heterocycles. The van der Waals surface area contributed by atoms with Crippen LogP contribution in [0, 0.1) is 10.1 Å². The van der Waals surface area contributed by atoms with Crippen molar-refractivity contribution in [2.24, 2.45) is 0 Å². The van der Waals surface area contributed by atoms with Crippen molar-refractivity contribution in [2.75, 3.05) is 6.54 Å². The molecular formula is C23H19ClN6O4. The molecule has 0 radical (unpaired) electrons. The molecule has 2 aromatic carbocycles. The minimum Gasteiger partial charge on any atom is -0.351 e. The molecule has 2 heterocycles. The van der Waals surface area contributed by atoms with Gasteiger partial charge in [-0.15, -0.1) is 0 Å². The quantitative estimate of drug-likeness (QED) is 0.236. The van der Waals surface area contributed by atoms with E-state index in [1.54, 1.807) is 35.0 Å². The molecule has 0 atom stereocenters. The highest BCUT2D eigenvalue weighted by Crippen LogP contribution is 2.13. The van der Waals surface area contributed by atoms with Gasteiger partial charge < -0.3 is 5.32 Å². The van der Waals surface area contributed by atoms with E-state index in [1.165, 1.54) is 35.3 Å². The largest absolute Gasteiger partial charge is 0.351 e. The summed E-state index contributed by atoms with van der Waals surface area (Å²) in [6.07, 6.45) is 5.84. The van der Waals surface area contributed by atoms with Crippen LogP contribution in [0.1, 0.15) is 11.1 Å². The number of nitro groups is 1. The molecule has 0 aliphatic rings. The topological polar surface area (TPSA) is 125 Å². The summed E-state index contributed by atoms with van der Waals surface area (Å²) in [5, 5.41) is 18.6. The third kappa shape index (κ3) is 5.36. The number of halogens is 1. The van der Waals surface area contributed by atoms with E-state index < -0.39 is 4.92 Å². The summed E-state index contributed by atoms with van der Waals surface area (Å²) < 4.78 is 3.05. The van der Waals surface area contributed by atoms with Crippen LogP contribution in [-0.4, -0.2) is 36.7 Å². The summed E-state index contributed by atoms with van der Waals surface area (Å²) in [7, 11) is 0. The lowest BCUT2D eigenvalue weighted by atomic mass is 10.2. The SMILES string of the molecule is O=C(/C=C\c1ccc([N+](=O)[O-])cc1)NCCn1ncc2c(=O)n(Cc3cccc(Cl)c3)cnc21. The number of non-ortho nitro benzene ring substituents is 1. The number of carbonyl (C=O) groups is 1. The van der Waals surface area contributed by atoms with Gasteiger partial charge in [0, 0.05) is 29.8 Å². The third-order valence-corrected chi connectivity index (χ3v) is 5.25. The number of carbonyl (C=O) groups excluding carboxylic acids is 1. The Morgan fingerprint density at radius 1 is 1.21 bits per heavy atom. The molecule has 11 heteroatoms. The number of nitrogens with zero attached hydrogens (tertiary/aromatic N) is 5. The Hall–Kier alpha value is -4.31. The number of aromatic nitrogens is 4. The van der Waals surface area contributed by atoms with Crippen LogP contribution in [0.4, 0.5) is 5.69 Å². The molecule has 4 rings (SSSR count). The van der Waals surface area contributed by atoms with Crippen molar-refractivity contribution in [3.63, 3.8) is 0 Å². The van der Waals surface area contributed by atoms with Crippen LogP contribution in [0.5, 0.6) is 0 Å². The molecule has 34 heavy (non-hydrogen) atoms. The lowest BCUT2D eigenvalue weighted by Gasteiger charge is -2.07. The third-order valence-electron chi connectivity index (χ3n) is 5.02. The molecule has 0 saturated heterocycles. The van der Waals surface area contributed by atoms with Gasteiger partial charge in [-0.05, 0) is 41.5 Å². The van der Waals surface area contributed by atoms with E-state index in [1.807, 2.05) is 12.1 Å². The highest BCUT2D eigenvalue weighted by molar-refractivity contribution is 6.30. The van der Waals surface area contributed by atoms with Crippen LogP contribution in [0.25, 0.3) is 17.1 Å². The Morgan fingerprint density at radius 3 is 2.74 bits per heavy atom. The number of rotatable bonds is 8. The van der Waals surface area contributed by atoms with Crippen molar-refractivity contribution >= 4 is 40.3 Å². The standard InChI is InChI=1S/C23H19ClN6O4/c24-18-3-1-2-17(12-18)14-28-15-26-22-20(23(28)32)13-27-29(22)11-10-25-21(31)9-6-16-4-7-19(8-5-16)30(33)34/h1-9,12-13,15H,10-11,14H2,(H,25,31)/b9-6-. The molecule has 0 unspecified atom stereocenters. The van der Waals surface area contributed by atoms with Crippen LogP contribution in [0.3, 0.4) is 0 Å². The molecule has 0 fully saturated rings. The number of nitro benzene ring substituents is 1. The van der Waals surface area contributed by atoms with Gasteiger partial charge in [-0.1, -0.05) is 23.7 Å². The van der Waals surface area contributed by atoms with Crippen molar-refractivity contribution in [1.29, 1.82) is 0 Å². The second kappa shape index (κ2) is 10.1. The Bertz CT molecular complexity index is 1440. The van der Waals surface area contributed by atoms with Gasteiger partial charge in [0.15, 0.2) is 5.65 Å². The lowest BCUT2D eigenvalue weighted by Crippen LogP contribution is -2.26. The molecule has 10 nitrogen and oxygen atoms in total. The van der Waals surface area contributed by atoms with E-state index in [4.69, 9.17) is 11.6 Å². The minimum absolute atomic E-state index is 0.0159. The van der Waals surface area contributed by atoms with Crippen LogP contribution >= 0.6 is 11.6 Å². The molecule has 0 spiro atoms. The fraction of sp³-hybridized carbons (Fsp3) is 0.130. The molecular weight excluding hydrogens is 460 g/mol. The van der Waals surface area contributed by atoms with E-state index in [0.717, 1.165) is 5.56 Å². The first-order valence-electron chi connectivity index (χ1n) is 10.3. The van der Waals surface area contributed by atoms with E-state index in [-0.39, 0.29) is 23.7 Å². The molecule has 0 bridgehead atoms. The number of hydrogen-bond donors (Lipinski definition) is 1. The second-order valence-corrected chi connectivity index (χ2v) is 7.82. The van der Waals surface area contributed by atoms with Crippen molar-refractivity contribution in [2.45, 2.75) is 13.1 Å². The summed E-state index contributed by atoms with van der Waals surface area (Å²) in [4.78, 5) is 39.4. The molecule has 0 aliphatic heterocycles. The van der Waals surface area contributed by atoms with Gasteiger partial charge in [-0.2, -0.15) is 5.10 Å². The first kappa shape index (κ1) is 22.9. The predicted octanol–water partition coefficient (Wildman–Crippen LogP) is 3.03. The zero-order valence-electron chi connectivity index (χ0n) is 17.8. The maximum atomic E-state index is 12.8. The first-order valence-corrected chi connectivity index (χ1v) is 10.6. The Balaban J connectivity index is 1.36. The van der Waals surface area contributed by atoms with Crippen molar-refractivity contribution in [1.82, 2.24) is 24.6 Å². The van der Waals surface area contributed by atoms with Gasteiger partial charge in [-0.25, -0.2) is 9.67 Å². The highest BCUT2D eigenvalue weighted by Gasteiger charge is 2.11. The van der Waals surface area contributed by atoms with Gasteiger partial charge in [0.05, 0.1) is 24.2 Å². The van der Waals surface area contributed by atoms with Gasteiger partial charge in [0.2, 0.25) is 5.91 Å². The van der Waals surface area contributed by atoms with Crippen LogP contribution in [0.2, 0.25) is 5.02 Å². The van der Waals surface area contributed by atoms with Crippen LogP contribution in [-0.2, 0) is 17.9 Å². The summed E-state index contributed by atoms with van der Waals surface area (Å²) in [6.45, 7) is 0.934. The molecule has 1 amide bonds. The molecule has 172 valence electrons. The van der Waals surface area contributed by atoms with Crippen molar-refractivity contribution < 1.29 is 9.72 Å². The average Bonchev–Trinajstić information content (AvgIpc) is 3.23. The van der Waals surface area contributed by atoms with E-state index in [0.29, 0.717) is 34.7 Å². The van der Waals surface area contributed by atoms with Gasteiger partial charge in [0.25, 0.3) is 11.2 Å². The molecule has 0 aliphatic carbocycles. The Labute approximate surface area is 198 Å². The number of hydrogen-bond acceptors (Lipinski definition) is 6. The number of benzene rings is 2. The minimum atomic E-state index is -0.483. The smallest absolute Gasteiger partial charge is 0.269 e. The van der Waals surface area contributed by atoms with Crippen molar-refractivity contribution in [3.8, 4) is 0 Å². The molecule has 1 N–H and O–H groups in total. The van der Waals surface area contributed by atoms with Crippen LogP contribution in [0.15, 0.2) is 71.9 Å². The normalized spacial score (nSPS) is 11.2. The maximum absolute atomic E-state index is 12.8. The summed E-state index contributed by atoms with van der Waals surface area (Å²) in [5.74, 6) is -0.327. The molecule has 4 aromatic rings. The van der Waals surface area contributed by atoms with Gasteiger partial charge in [-0.3, -0.25) is 24.3 Å². The predicted molar refractivity (Wildman–Crippen MR) is 127 cm³/mol. The zero-order chi connectivity index (χ0) is 24.1. The lowest BCUT2D eigenvalue weighted by molar-refractivity contribution is -0.384. The van der Waals surface area contributed by atoms with Gasteiger partial charge in [0.1, 0.15) is 11.7 Å². The Kier molecular flexibility index (Phi) is 6.79. The van der Waals surface area contributed by atoms with Crippen molar-refractivity contribution in [3.05, 3.63) is 104 Å². The Morgan fingerprint density at radius 2 is 2.00 bits per heavy atom. The average molecular weight is 479 g/mol. The van der Waals surface area contributed by atoms with Gasteiger partial charge >= 0.3 is 0 Å². The fourth-order valence-corrected chi connectivity index (χ4v) is 3.54. The zero-order valence-corrected chi connectivity index (χ0v) is 18.6. The summed E-state index contributed by atoms with van der Waals surface area (Å²) in [5.41, 5.74) is 1.75.